The molecule has 2 aliphatic rings. The number of hydrogen-bond acceptors (Lipinski definition) is 4. The molecule has 0 aromatic rings. The van der Waals surface area contributed by atoms with Crippen molar-refractivity contribution in [2.24, 2.45) is 5.73 Å². The monoisotopic (exact) mass is 298 g/mol. The number of hydrogen-bond donors (Lipinski definition) is 2. The number of nitrogens with two attached hydrogens (primary N) is 1. The van der Waals surface area contributed by atoms with Crippen molar-refractivity contribution in [3.63, 3.8) is 0 Å². The lowest BCUT2D eigenvalue weighted by Gasteiger charge is -2.43. The second-order valence-corrected chi connectivity index (χ2v) is 5.79. The molecule has 0 saturated carbocycles. The van der Waals surface area contributed by atoms with Gasteiger partial charge in [0.15, 0.2) is 0 Å². The van der Waals surface area contributed by atoms with Crippen LogP contribution in [0.5, 0.6) is 0 Å². The van der Waals surface area contributed by atoms with Crippen LogP contribution in [-0.2, 0) is 9.59 Å². The van der Waals surface area contributed by atoms with Crippen LogP contribution in [0.3, 0.4) is 0 Å². The Labute approximate surface area is 123 Å². The molecule has 0 bridgehead atoms. The topological polar surface area (TPSA) is 107 Å². The zero-order chi connectivity index (χ0) is 15.6. The van der Waals surface area contributed by atoms with Gasteiger partial charge in [0.2, 0.25) is 5.91 Å². The van der Waals surface area contributed by atoms with E-state index < -0.39 is 24.5 Å². The molecule has 8 heteroatoms. The predicted molar refractivity (Wildman–Crippen MR) is 74.6 cm³/mol. The van der Waals surface area contributed by atoms with E-state index in [1.54, 1.807) is 4.90 Å². The molecule has 2 saturated heterocycles. The van der Waals surface area contributed by atoms with E-state index in [0.717, 1.165) is 30.8 Å². The van der Waals surface area contributed by atoms with E-state index in [4.69, 9.17) is 10.8 Å². The number of aliphatic carboxylic acids is 1. The Hall–Kier alpha value is -1.83. The average molecular weight is 298 g/mol. The summed E-state index contributed by atoms with van der Waals surface area (Å²) in [5, 5.41) is 8.89. The highest BCUT2D eigenvalue weighted by atomic mass is 16.4. The first-order valence-electron chi connectivity index (χ1n) is 7.18. The van der Waals surface area contributed by atoms with Crippen molar-refractivity contribution < 1.29 is 19.5 Å². The molecular formula is C13H22N4O4. The summed E-state index contributed by atoms with van der Waals surface area (Å²) in [6, 6.07) is -0.0864. The fourth-order valence-corrected chi connectivity index (χ4v) is 3.18. The number of carbonyl (C=O) groups excluding carboxylic acids is 2. The van der Waals surface area contributed by atoms with Crippen molar-refractivity contribution in [3.05, 3.63) is 0 Å². The number of rotatable bonds is 4. The number of carboxylic acid groups (broad SMARTS) is 1. The highest BCUT2D eigenvalue weighted by Crippen LogP contribution is 2.25. The maximum absolute atomic E-state index is 12.5. The van der Waals surface area contributed by atoms with Gasteiger partial charge in [-0.05, 0) is 26.3 Å². The first-order valence-corrected chi connectivity index (χ1v) is 7.18. The number of primary amides is 1. The van der Waals surface area contributed by atoms with Crippen LogP contribution in [0.25, 0.3) is 0 Å². The lowest BCUT2D eigenvalue weighted by Crippen LogP contribution is -2.60. The molecular weight excluding hydrogens is 276 g/mol. The molecule has 2 heterocycles. The third kappa shape index (κ3) is 3.63. The Morgan fingerprint density at radius 2 is 2.00 bits per heavy atom. The van der Waals surface area contributed by atoms with Crippen molar-refractivity contribution in [2.45, 2.75) is 31.8 Å². The van der Waals surface area contributed by atoms with Gasteiger partial charge in [0.25, 0.3) is 0 Å². The predicted octanol–water partition coefficient (Wildman–Crippen LogP) is -0.853. The molecule has 2 unspecified atom stereocenters. The molecule has 8 nitrogen and oxygen atoms in total. The molecule has 0 aromatic heterocycles. The van der Waals surface area contributed by atoms with Gasteiger partial charge in [-0.1, -0.05) is 0 Å². The van der Waals surface area contributed by atoms with Crippen LogP contribution in [0.15, 0.2) is 0 Å². The Morgan fingerprint density at radius 1 is 1.29 bits per heavy atom. The maximum atomic E-state index is 12.5. The highest BCUT2D eigenvalue weighted by Gasteiger charge is 2.38. The van der Waals surface area contributed by atoms with Crippen molar-refractivity contribution in [2.75, 3.05) is 32.7 Å². The third-order valence-electron chi connectivity index (χ3n) is 4.13. The molecule has 21 heavy (non-hydrogen) atoms. The quantitative estimate of drug-likeness (QED) is 0.703. The molecule has 3 amide bonds. The van der Waals surface area contributed by atoms with Gasteiger partial charge < -0.3 is 20.6 Å². The van der Waals surface area contributed by atoms with Gasteiger partial charge in [0.1, 0.15) is 13.1 Å². The van der Waals surface area contributed by atoms with E-state index >= 15 is 0 Å². The summed E-state index contributed by atoms with van der Waals surface area (Å²) in [5.41, 5.74) is 5.10. The van der Waals surface area contributed by atoms with Gasteiger partial charge in [-0.25, -0.2) is 4.79 Å². The smallest absolute Gasteiger partial charge is 0.323 e. The summed E-state index contributed by atoms with van der Waals surface area (Å²) >= 11 is 0. The molecule has 0 aromatic carbocycles. The van der Waals surface area contributed by atoms with E-state index in [9.17, 15) is 14.4 Å². The summed E-state index contributed by atoms with van der Waals surface area (Å²) in [7, 11) is 0. The second kappa shape index (κ2) is 6.30. The van der Waals surface area contributed by atoms with Crippen LogP contribution in [0.1, 0.15) is 19.8 Å². The Morgan fingerprint density at radius 3 is 2.62 bits per heavy atom. The molecule has 2 atom stereocenters. The minimum Gasteiger partial charge on any atom is -0.480 e. The summed E-state index contributed by atoms with van der Waals surface area (Å²) in [6.07, 6.45) is 2.17. The van der Waals surface area contributed by atoms with Crippen LogP contribution in [0.2, 0.25) is 0 Å². The van der Waals surface area contributed by atoms with Crippen LogP contribution in [-0.4, -0.2) is 82.5 Å². The normalized spacial score (nSPS) is 25.5. The SMILES string of the molecule is CC1CN2CCCC2CN1C(=O)N(CC(N)=O)CC(=O)O. The molecule has 0 spiro atoms. The van der Waals surface area contributed by atoms with Gasteiger partial charge in [-0.3, -0.25) is 14.5 Å². The van der Waals surface area contributed by atoms with E-state index in [2.05, 4.69) is 4.90 Å². The number of carbonyl (C=O) groups is 3. The molecule has 2 fully saturated rings. The van der Waals surface area contributed by atoms with Gasteiger partial charge in [0, 0.05) is 25.2 Å². The summed E-state index contributed by atoms with van der Waals surface area (Å²) in [5.74, 6) is -1.87. The maximum Gasteiger partial charge on any atom is 0.323 e. The molecule has 0 radical (unpaired) electrons. The average Bonchev–Trinajstić information content (AvgIpc) is 2.82. The minimum atomic E-state index is -1.16. The summed E-state index contributed by atoms with van der Waals surface area (Å²) < 4.78 is 0. The zero-order valence-electron chi connectivity index (χ0n) is 12.2. The minimum absolute atomic E-state index is 0.00368. The van der Waals surface area contributed by atoms with Crippen LogP contribution in [0.4, 0.5) is 4.79 Å². The van der Waals surface area contributed by atoms with E-state index in [1.165, 1.54) is 0 Å². The summed E-state index contributed by atoms with van der Waals surface area (Å²) in [4.78, 5) is 39.5. The van der Waals surface area contributed by atoms with E-state index in [1.807, 2.05) is 6.92 Å². The number of fused-ring (bicyclic) bond motifs is 1. The molecule has 2 rings (SSSR count). The fourth-order valence-electron chi connectivity index (χ4n) is 3.18. The van der Waals surface area contributed by atoms with Crippen LogP contribution >= 0.6 is 0 Å². The van der Waals surface area contributed by atoms with E-state index in [-0.39, 0.29) is 12.6 Å². The fraction of sp³-hybridized carbons (Fsp3) is 0.769. The van der Waals surface area contributed by atoms with Crippen molar-refractivity contribution in [1.82, 2.24) is 14.7 Å². The Bertz CT molecular complexity index is 426. The zero-order valence-corrected chi connectivity index (χ0v) is 12.2. The van der Waals surface area contributed by atoms with Crippen LogP contribution in [0, 0.1) is 0 Å². The second-order valence-electron chi connectivity index (χ2n) is 5.79. The number of amides is 3. The number of piperazine rings is 1. The summed E-state index contributed by atoms with van der Waals surface area (Å²) in [6.45, 7) is 3.47. The largest absolute Gasteiger partial charge is 0.480 e. The van der Waals surface area contributed by atoms with Gasteiger partial charge >= 0.3 is 12.0 Å². The van der Waals surface area contributed by atoms with Gasteiger partial charge in [-0.2, -0.15) is 0 Å². The third-order valence-corrected chi connectivity index (χ3v) is 4.13. The molecule has 3 N–H and O–H groups in total. The van der Waals surface area contributed by atoms with E-state index in [0.29, 0.717) is 12.6 Å². The molecule has 118 valence electrons. The van der Waals surface area contributed by atoms with Crippen molar-refractivity contribution >= 4 is 17.9 Å². The molecule has 2 aliphatic heterocycles. The molecule has 0 aliphatic carbocycles. The van der Waals surface area contributed by atoms with Gasteiger partial charge in [0.05, 0.1) is 0 Å². The number of carboxylic acids is 1. The lowest BCUT2D eigenvalue weighted by molar-refractivity contribution is -0.138. The van der Waals surface area contributed by atoms with Crippen molar-refractivity contribution in [3.8, 4) is 0 Å². The van der Waals surface area contributed by atoms with Crippen LogP contribution < -0.4 is 5.73 Å². The number of urea groups is 1. The first kappa shape index (κ1) is 15.6. The lowest BCUT2D eigenvalue weighted by atomic mass is 10.1. The van der Waals surface area contributed by atoms with Gasteiger partial charge in [-0.15, -0.1) is 0 Å². The standard InChI is InChI=1S/C13H22N4O4/c1-9-5-15-4-2-3-10(15)6-17(9)13(21)16(7-11(14)18)8-12(19)20/h9-10H,2-8H2,1H3,(H2,14,18)(H,19,20). The Kier molecular flexibility index (Phi) is 4.66. The first-order chi connectivity index (χ1) is 9.88. The Balaban J connectivity index is 2.07. The highest BCUT2D eigenvalue weighted by molar-refractivity contribution is 5.86. The van der Waals surface area contributed by atoms with Crippen molar-refractivity contribution in [1.29, 1.82) is 0 Å². The number of nitrogens with zero attached hydrogens (tertiary/aromatic N) is 3.